The monoisotopic (exact) mass is 314 g/mol. The predicted molar refractivity (Wildman–Crippen MR) is 86.4 cm³/mol. The first-order chi connectivity index (χ1) is 10.9. The molecule has 0 spiro atoms. The van der Waals surface area contributed by atoms with Crippen molar-refractivity contribution in [2.24, 2.45) is 17.8 Å². The molecule has 1 N–H and O–H groups in total. The number of carbonyl (C=O) groups excluding carboxylic acids is 1. The second-order valence-electron chi connectivity index (χ2n) is 6.33. The summed E-state index contributed by atoms with van der Waals surface area (Å²) in [6, 6.07) is 4.80. The van der Waals surface area contributed by atoms with Gasteiger partial charge in [0.15, 0.2) is 0 Å². The molecule has 1 amide bonds. The highest BCUT2D eigenvalue weighted by atomic mass is 16.4. The molecule has 1 saturated carbocycles. The minimum atomic E-state index is -0.957. The number of nitrogens with zero attached hydrogens (tertiary/aromatic N) is 2. The molecule has 1 aliphatic carbocycles. The number of carboxylic acids is 1. The van der Waals surface area contributed by atoms with E-state index in [2.05, 4.69) is 16.8 Å². The average molecular weight is 314 g/mol. The summed E-state index contributed by atoms with van der Waals surface area (Å²) in [4.78, 5) is 29.2. The van der Waals surface area contributed by atoms with E-state index in [1.54, 1.807) is 13.2 Å². The van der Waals surface area contributed by atoms with Gasteiger partial charge < -0.3 is 10.0 Å². The third kappa shape index (κ3) is 4.10. The number of carbonyl (C=O) groups is 2. The Kier molecular flexibility index (Phi) is 5.38. The lowest BCUT2D eigenvalue weighted by molar-refractivity contribution is -0.154. The first-order valence-electron chi connectivity index (χ1n) is 7.82. The van der Waals surface area contributed by atoms with Gasteiger partial charge in [-0.1, -0.05) is 25.8 Å². The van der Waals surface area contributed by atoms with E-state index in [1.165, 1.54) is 4.90 Å². The Morgan fingerprint density at radius 1 is 1.35 bits per heavy atom. The molecule has 0 bridgehead atoms. The number of likely N-dealkylation sites (N-methyl/N-ethyl adjacent to an activating group) is 1. The fourth-order valence-corrected chi connectivity index (χ4v) is 2.87. The van der Waals surface area contributed by atoms with Crippen LogP contribution >= 0.6 is 0 Å². The first-order valence-corrected chi connectivity index (χ1v) is 7.82. The minimum Gasteiger partial charge on any atom is -0.480 e. The van der Waals surface area contributed by atoms with E-state index < -0.39 is 12.0 Å². The van der Waals surface area contributed by atoms with E-state index in [4.69, 9.17) is 0 Å². The highest BCUT2D eigenvalue weighted by molar-refractivity contribution is 5.85. The van der Waals surface area contributed by atoms with E-state index in [-0.39, 0.29) is 23.7 Å². The molecule has 1 atom stereocenters. The van der Waals surface area contributed by atoms with Crippen molar-refractivity contribution in [1.82, 2.24) is 9.88 Å². The molecule has 1 fully saturated rings. The van der Waals surface area contributed by atoms with Crippen LogP contribution in [0.4, 0.5) is 0 Å². The van der Waals surface area contributed by atoms with Crippen LogP contribution in [0.1, 0.15) is 32.4 Å². The van der Waals surface area contributed by atoms with Crippen LogP contribution in [-0.4, -0.2) is 40.0 Å². The van der Waals surface area contributed by atoms with Gasteiger partial charge in [-0.25, -0.2) is 9.78 Å². The van der Waals surface area contributed by atoms with Crippen LogP contribution in [0.3, 0.4) is 0 Å². The van der Waals surface area contributed by atoms with Crippen LogP contribution in [0, 0.1) is 29.6 Å². The Morgan fingerprint density at radius 2 is 2.04 bits per heavy atom. The topological polar surface area (TPSA) is 70.5 Å². The SMILES string of the molecule is CC(C)[C@@H](C(=O)O)N(C)C(=O)C1CC(C#Cc2ccccn2)C1. The van der Waals surface area contributed by atoms with E-state index >= 15 is 0 Å². The summed E-state index contributed by atoms with van der Waals surface area (Å²) in [5.41, 5.74) is 0.727. The maximum Gasteiger partial charge on any atom is 0.326 e. The lowest BCUT2D eigenvalue weighted by Gasteiger charge is -2.36. The second-order valence-corrected chi connectivity index (χ2v) is 6.33. The number of carboxylic acid groups (broad SMARTS) is 1. The quantitative estimate of drug-likeness (QED) is 0.863. The summed E-state index contributed by atoms with van der Waals surface area (Å²) in [6.07, 6.45) is 3.07. The van der Waals surface area contributed by atoms with Crippen LogP contribution < -0.4 is 0 Å². The van der Waals surface area contributed by atoms with Gasteiger partial charge in [-0.2, -0.15) is 0 Å². The molecular weight excluding hydrogens is 292 g/mol. The summed E-state index contributed by atoms with van der Waals surface area (Å²) < 4.78 is 0. The van der Waals surface area contributed by atoms with Gasteiger partial charge in [0.2, 0.25) is 5.91 Å². The zero-order valence-corrected chi connectivity index (χ0v) is 13.7. The molecule has 1 aromatic rings. The molecule has 0 unspecified atom stereocenters. The molecule has 23 heavy (non-hydrogen) atoms. The van der Waals surface area contributed by atoms with Crippen molar-refractivity contribution in [3.05, 3.63) is 30.1 Å². The number of aromatic nitrogens is 1. The van der Waals surface area contributed by atoms with E-state index in [0.717, 1.165) is 5.69 Å². The highest BCUT2D eigenvalue weighted by Gasteiger charge is 2.39. The fraction of sp³-hybridized carbons (Fsp3) is 0.500. The van der Waals surface area contributed by atoms with Gasteiger partial charge in [0.05, 0.1) is 0 Å². The lowest BCUT2D eigenvalue weighted by Crippen LogP contribution is -2.50. The number of pyridine rings is 1. The Labute approximate surface area is 136 Å². The molecule has 0 aliphatic heterocycles. The van der Waals surface area contributed by atoms with E-state index in [0.29, 0.717) is 12.8 Å². The Bertz CT molecular complexity index is 625. The number of rotatable bonds is 4. The third-order valence-electron chi connectivity index (χ3n) is 4.21. The van der Waals surface area contributed by atoms with E-state index in [9.17, 15) is 14.7 Å². The molecule has 0 aromatic carbocycles. The normalized spacial score (nSPS) is 20.9. The van der Waals surface area contributed by atoms with Gasteiger partial charge in [-0.05, 0) is 36.8 Å². The maximum atomic E-state index is 12.4. The molecule has 2 rings (SSSR count). The largest absolute Gasteiger partial charge is 0.480 e. The molecule has 5 heteroatoms. The number of amides is 1. The summed E-state index contributed by atoms with van der Waals surface area (Å²) in [5, 5.41) is 9.27. The standard InChI is InChI=1S/C18H22N2O3/c1-12(2)16(18(22)23)20(3)17(21)14-10-13(11-14)7-8-15-6-4-5-9-19-15/h4-6,9,12-14,16H,10-11H2,1-3H3,(H,22,23)/t13?,14?,16-/m0/s1. The maximum absolute atomic E-state index is 12.4. The second kappa shape index (κ2) is 7.28. The van der Waals surface area contributed by atoms with Crippen LogP contribution in [0.15, 0.2) is 24.4 Å². The fourth-order valence-electron chi connectivity index (χ4n) is 2.87. The summed E-state index contributed by atoms with van der Waals surface area (Å²) in [6.45, 7) is 3.62. The Morgan fingerprint density at radius 3 is 2.57 bits per heavy atom. The van der Waals surface area contributed by atoms with Gasteiger partial charge in [0.25, 0.3) is 0 Å². The smallest absolute Gasteiger partial charge is 0.326 e. The molecule has 0 radical (unpaired) electrons. The van der Waals surface area contributed by atoms with Gasteiger partial charge in [0, 0.05) is 25.1 Å². The summed E-state index contributed by atoms with van der Waals surface area (Å²) in [5.74, 6) is 5.03. The Hall–Kier alpha value is -2.35. The van der Waals surface area contributed by atoms with Crippen molar-refractivity contribution in [2.45, 2.75) is 32.7 Å². The first kappa shape index (κ1) is 17.0. The van der Waals surface area contributed by atoms with Crippen LogP contribution in [-0.2, 0) is 9.59 Å². The van der Waals surface area contributed by atoms with Crippen LogP contribution in [0.5, 0.6) is 0 Å². The van der Waals surface area contributed by atoms with Gasteiger partial charge in [-0.15, -0.1) is 0 Å². The molecule has 1 aromatic heterocycles. The molecule has 122 valence electrons. The predicted octanol–water partition coefficient (Wildman–Crippen LogP) is 2.03. The lowest BCUT2D eigenvalue weighted by atomic mass is 9.74. The van der Waals surface area contributed by atoms with Crippen molar-refractivity contribution in [3.63, 3.8) is 0 Å². The van der Waals surface area contributed by atoms with Gasteiger partial charge in [0.1, 0.15) is 11.7 Å². The average Bonchev–Trinajstić information content (AvgIpc) is 2.45. The molecule has 0 saturated heterocycles. The number of hydrogen-bond acceptors (Lipinski definition) is 3. The number of hydrogen-bond donors (Lipinski definition) is 1. The van der Waals surface area contributed by atoms with Crippen molar-refractivity contribution >= 4 is 11.9 Å². The molecule has 1 aliphatic rings. The van der Waals surface area contributed by atoms with E-state index in [1.807, 2.05) is 32.0 Å². The van der Waals surface area contributed by atoms with Crippen molar-refractivity contribution < 1.29 is 14.7 Å². The number of aliphatic carboxylic acids is 1. The Balaban J connectivity index is 1.90. The van der Waals surface area contributed by atoms with Crippen LogP contribution in [0.2, 0.25) is 0 Å². The van der Waals surface area contributed by atoms with Crippen molar-refractivity contribution in [3.8, 4) is 11.8 Å². The third-order valence-corrected chi connectivity index (χ3v) is 4.21. The molecule has 5 nitrogen and oxygen atoms in total. The zero-order valence-electron chi connectivity index (χ0n) is 13.7. The zero-order chi connectivity index (χ0) is 17.0. The van der Waals surface area contributed by atoms with Crippen molar-refractivity contribution in [1.29, 1.82) is 0 Å². The van der Waals surface area contributed by atoms with Gasteiger partial charge in [-0.3, -0.25) is 4.79 Å². The van der Waals surface area contributed by atoms with Gasteiger partial charge >= 0.3 is 5.97 Å². The van der Waals surface area contributed by atoms with Crippen molar-refractivity contribution in [2.75, 3.05) is 7.05 Å². The molecule has 1 heterocycles. The summed E-state index contributed by atoms with van der Waals surface area (Å²) >= 11 is 0. The molecular formula is C18H22N2O3. The minimum absolute atomic E-state index is 0.0954. The summed E-state index contributed by atoms with van der Waals surface area (Å²) in [7, 11) is 1.58. The highest BCUT2D eigenvalue weighted by Crippen LogP contribution is 2.35. The van der Waals surface area contributed by atoms with Crippen LogP contribution in [0.25, 0.3) is 0 Å².